The maximum Gasteiger partial charge on any atom is 0.161 e. The van der Waals surface area contributed by atoms with Crippen molar-refractivity contribution in [3.63, 3.8) is 0 Å². The second kappa shape index (κ2) is 5.65. The Kier molecular flexibility index (Phi) is 3.35. The van der Waals surface area contributed by atoms with Crippen LogP contribution in [0.25, 0.3) is 43.4 Å². The number of rotatable bonds is 2. The van der Waals surface area contributed by atoms with Crippen molar-refractivity contribution in [2.75, 3.05) is 14.2 Å². The summed E-state index contributed by atoms with van der Waals surface area (Å²) >= 11 is 0. The Hall–Kier alpha value is -3.20. The number of nitrogens with zero attached hydrogens (tertiary/aromatic N) is 1. The molecule has 1 aromatic heterocycles. The predicted octanol–water partition coefficient (Wildman–Crippen LogP) is 5.96. The van der Waals surface area contributed by atoms with E-state index in [9.17, 15) is 0 Å². The number of methoxy groups -OCH3 is 2. The molecule has 3 heteroatoms. The molecule has 0 saturated heterocycles. The van der Waals surface area contributed by atoms with E-state index in [1.165, 1.54) is 38.1 Å². The third-order valence-electron chi connectivity index (χ3n) is 5.59. The van der Waals surface area contributed by atoms with Gasteiger partial charge >= 0.3 is 0 Å². The Morgan fingerprint density at radius 3 is 2.07 bits per heavy atom. The van der Waals surface area contributed by atoms with Gasteiger partial charge in [0.05, 0.1) is 19.7 Å². The van der Waals surface area contributed by atoms with E-state index in [-0.39, 0.29) is 0 Å². The zero-order valence-electron chi connectivity index (χ0n) is 16.0. The summed E-state index contributed by atoms with van der Waals surface area (Å²) in [7, 11) is 5.50. The zero-order valence-corrected chi connectivity index (χ0v) is 16.0. The third kappa shape index (κ3) is 2.21. The normalized spacial score (nSPS) is 11.7. The fourth-order valence-corrected chi connectivity index (χ4v) is 4.24. The Labute approximate surface area is 157 Å². The van der Waals surface area contributed by atoms with E-state index in [0.29, 0.717) is 0 Å². The lowest BCUT2D eigenvalue weighted by atomic mass is 10.00. The van der Waals surface area contributed by atoms with E-state index in [1.54, 1.807) is 14.2 Å². The zero-order chi connectivity index (χ0) is 18.7. The maximum absolute atomic E-state index is 5.50. The Morgan fingerprint density at radius 1 is 0.667 bits per heavy atom. The van der Waals surface area contributed by atoms with Gasteiger partial charge in [-0.1, -0.05) is 23.8 Å². The van der Waals surface area contributed by atoms with E-state index < -0.39 is 0 Å². The number of ether oxygens (including phenoxy) is 2. The minimum absolute atomic E-state index is 0.754. The molecule has 0 aliphatic heterocycles. The standard InChI is InChI=1S/C24H21NO2/c1-14-5-8-21-20(9-14)18-7-6-15-10-16-12-22(26-3)23(27-4)13-17(16)11-19(15)24(18)25(21)2/h5-13H,1-4H3. The van der Waals surface area contributed by atoms with Crippen LogP contribution in [-0.4, -0.2) is 18.8 Å². The van der Waals surface area contributed by atoms with E-state index in [2.05, 4.69) is 67.1 Å². The molecule has 0 N–H and O–H groups in total. The highest BCUT2D eigenvalue weighted by molar-refractivity contribution is 6.19. The maximum atomic E-state index is 5.50. The van der Waals surface area contributed by atoms with Crippen LogP contribution in [0.5, 0.6) is 11.5 Å². The molecular weight excluding hydrogens is 334 g/mol. The van der Waals surface area contributed by atoms with Gasteiger partial charge < -0.3 is 14.0 Å². The topological polar surface area (TPSA) is 23.4 Å². The van der Waals surface area contributed by atoms with E-state index in [4.69, 9.17) is 9.47 Å². The highest BCUT2D eigenvalue weighted by atomic mass is 16.5. The summed E-state index contributed by atoms with van der Waals surface area (Å²) in [6, 6.07) is 19.7. The molecule has 3 nitrogen and oxygen atoms in total. The largest absolute Gasteiger partial charge is 0.493 e. The van der Waals surface area contributed by atoms with Crippen molar-refractivity contribution in [1.82, 2.24) is 4.57 Å². The van der Waals surface area contributed by atoms with Crippen LogP contribution in [-0.2, 0) is 7.05 Å². The molecule has 5 rings (SSSR count). The quantitative estimate of drug-likeness (QED) is 0.365. The van der Waals surface area contributed by atoms with Crippen LogP contribution in [0.4, 0.5) is 0 Å². The van der Waals surface area contributed by atoms with Crippen molar-refractivity contribution in [2.24, 2.45) is 7.05 Å². The average molecular weight is 355 g/mol. The van der Waals surface area contributed by atoms with Crippen molar-refractivity contribution in [2.45, 2.75) is 6.92 Å². The van der Waals surface area contributed by atoms with Crippen LogP contribution >= 0.6 is 0 Å². The van der Waals surface area contributed by atoms with Gasteiger partial charge in [-0.2, -0.15) is 0 Å². The van der Waals surface area contributed by atoms with Crippen molar-refractivity contribution in [1.29, 1.82) is 0 Å². The summed E-state index contributed by atoms with van der Waals surface area (Å²) in [6.45, 7) is 2.15. The Morgan fingerprint density at radius 2 is 1.37 bits per heavy atom. The minimum atomic E-state index is 0.754. The first-order chi connectivity index (χ1) is 13.1. The molecule has 0 aliphatic rings. The van der Waals surface area contributed by atoms with Gasteiger partial charge in [-0.15, -0.1) is 0 Å². The number of aromatic nitrogens is 1. The van der Waals surface area contributed by atoms with Gasteiger partial charge in [-0.25, -0.2) is 0 Å². The lowest BCUT2D eigenvalue weighted by molar-refractivity contribution is 0.356. The molecule has 0 aliphatic carbocycles. The van der Waals surface area contributed by atoms with Crippen LogP contribution in [0.15, 0.2) is 54.6 Å². The molecule has 0 amide bonds. The molecule has 134 valence electrons. The van der Waals surface area contributed by atoms with Gasteiger partial charge in [0.2, 0.25) is 0 Å². The summed E-state index contributed by atoms with van der Waals surface area (Å²) in [5.41, 5.74) is 3.81. The lowest BCUT2D eigenvalue weighted by Gasteiger charge is -2.11. The second-order valence-corrected chi connectivity index (χ2v) is 7.17. The predicted molar refractivity (Wildman–Crippen MR) is 113 cm³/mol. The number of hydrogen-bond acceptors (Lipinski definition) is 2. The first-order valence-corrected chi connectivity index (χ1v) is 9.08. The molecule has 27 heavy (non-hydrogen) atoms. The van der Waals surface area contributed by atoms with Crippen molar-refractivity contribution in [3.8, 4) is 11.5 Å². The van der Waals surface area contributed by atoms with Gasteiger partial charge in [-0.3, -0.25) is 0 Å². The first-order valence-electron chi connectivity index (χ1n) is 9.08. The molecule has 1 heterocycles. The third-order valence-corrected chi connectivity index (χ3v) is 5.59. The molecule has 0 atom stereocenters. The minimum Gasteiger partial charge on any atom is -0.493 e. The highest BCUT2D eigenvalue weighted by Gasteiger charge is 2.13. The fourth-order valence-electron chi connectivity index (χ4n) is 4.24. The molecule has 4 aromatic carbocycles. The lowest BCUT2D eigenvalue weighted by Crippen LogP contribution is -1.91. The van der Waals surface area contributed by atoms with Gasteiger partial charge in [0.25, 0.3) is 0 Å². The Bertz CT molecular complexity index is 1360. The van der Waals surface area contributed by atoms with Crippen molar-refractivity contribution < 1.29 is 9.47 Å². The fraction of sp³-hybridized carbons (Fsp3) is 0.167. The Balaban J connectivity index is 1.94. The van der Waals surface area contributed by atoms with Gasteiger partial charge in [0, 0.05) is 28.7 Å². The molecular formula is C24H21NO2. The van der Waals surface area contributed by atoms with Crippen molar-refractivity contribution >= 4 is 43.4 Å². The number of aryl methyl sites for hydroxylation is 2. The van der Waals surface area contributed by atoms with Crippen LogP contribution in [0.3, 0.4) is 0 Å². The number of fused-ring (bicyclic) bond motifs is 6. The molecule has 0 radical (unpaired) electrons. The average Bonchev–Trinajstić information content (AvgIpc) is 2.97. The number of benzene rings is 4. The van der Waals surface area contributed by atoms with Crippen molar-refractivity contribution in [3.05, 3.63) is 60.2 Å². The summed E-state index contributed by atoms with van der Waals surface area (Å²) in [6.07, 6.45) is 0. The molecule has 0 saturated carbocycles. The van der Waals surface area contributed by atoms with Gasteiger partial charge in [-0.05, 0) is 59.5 Å². The summed E-state index contributed by atoms with van der Waals surface area (Å²) in [4.78, 5) is 0. The monoisotopic (exact) mass is 355 g/mol. The smallest absolute Gasteiger partial charge is 0.161 e. The van der Waals surface area contributed by atoms with E-state index in [0.717, 1.165) is 22.3 Å². The summed E-state index contributed by atoms with van der Waals surface area (Å²) < 4.78 is 13.3. The molecule has 0 fully saturated rings. The van der Waals surface area contributed by atoms with Gasteiger partial charge in [0.15, 0.2) is 11.5 Å². The summed E-state index contributed by atoms with van der Waals surface area (Å²) in [5, 5.41) is 7.38. The highest BCUT2D eigenvalue weighted by Crippen LogP contribution is 2.38. The first kappa shape index (κ1) is 16.0. The molecule has 0 spiro atoms. The SMILES string of the molecule is COc1cc2cc3ccc4c5cc(C)ccc5n(C)c4c3cc2cc1OC. The van der Waals surface area contributed by atoms with Crippen LogP contribution in [0.2, 0.25) is 0 Å². The molecule has 5 aromatic rings. The second-order valence-electron chi connectivity index (χ2n) is 7.17. The summed E-state index contributed by atoms with van der Waals surface area (Å²) in [5.74, 6) is 1.51. The van der Waals surface area contributed by atoms with Crippen LogP contribution in [0, 0.1) is 6.92 Å². The van der Waals surface area contributed by atoms with Gasteiger partial charge in [0.1, 0.15) is 0 Å². The molecule has 0 bridgehead atoms. The van der Waals surface area contributed by atoms with Crippen LogP contribution in [0.1, 0.15) is 5.56 Å². The van der Waals surface area contributed by atoms with E-state index in [1.807, 2.05) is 6.07 Å². The van der Waals surface area contributed by atoms with E-state index >= 15 is 0 Å². The number of hydrogen-bond donors (Lipinski definition) is 0. The molecule has 0 unspecified atom stereocenters. The van der Waals surface area contributed by atoms with Crippen LogP contribution < -0.4 is 9.47 Å².